The Labute approximate surface area is 119 Å². The summed E-state index contributed by atoms with van der Waals surface area (Å²) in [6.45, 7) is 13.8. The summed E-state index contributed by atoms with van der Waals surface area (Å²) in [5, 5.41) is 3.48. The maximum Gasteiger partial charge on any atom is 0.0369 e. The van der Waals surface area contributed by atoms with Crippen LogP contribution >= 0.6 is 0 Å². The Morgan fingerprint density at radius 1 is 0.947 bits per heavy atom. The Hall–Kier alpha value is -0.820. The molecule has 1 aromatic rings. The lowest BCUT2D eigenvalue weighted by Gasteiger charge is -2.34. The quantitative estimate of drug-likeness (QED) is 0.753. The molecular formula is C18H31N. The van der Waals surface area contributed by atoms with Gasteiger partial charge in [-0.3, -0.25) is 0 Å². The van der Waals surface area contributed by atoms with Crippen LogP contribution in [0.3, 0.4) is 0 Å². The first kappa shape index (κ1) is 16.2. The van der Waals surface area contributed by atoms with Crippen molar-refractivity contribution in [2.75, 3.05) is 7.05 Å². The molecular weight excluding hydrogens is 230 g/mol. The van der Waals surface area contributed by atoms with Gasteiger partial charge in [-0.15, -0.1) is 0 Å². The number of benzene rings is 1. The predicted octanol–water partition coefficient (Wildman–Crippen LogP) is 5.07. The summed E-state index contributed by atoms with van der Waals surface area (Å²) in [4.78, 5) is 0. The van der Waals surface area contributed by atoms with Crippen LogP contribution in [0, 0.1) is 5.41 Å². The average Bonchev–Trinajstić information content (AvgIpc) is 2.40. The second kappa shape index (κ2) is 6.09. The van der Waals surface area contributed by atoms with E-state index in [2.05, 4.69) is 78.2 Å². The predicted molar refractivity (Wildman–Crippen MR) is 85.6 cm³/mol. The third-order valence-electron chi connectivity index (χ3n) is 4.89. The molecule has 108 valence electrons. The molecule has 0 aliphatic rings. The molecule has 0 spiro atoms. The smallest absolute Gasteiger partial charge is 0.0369 e. The molecule has 0 amide bonds. The Bertz CT molecular complexity index is 387. The molecule has 1 rings (SSSR count). The molecule has 1 unspecified atom stereocenters. The van der Waals surface area contributed by atoms with E-state index < -0.39 is 0 Å². The summed E-state index contributed by atoms with van der Waals surface area (Å²) in [6, 6.07) is 9.61. The molecule has 19 heavy (non-hydrogen) atoms. The molecule has 0 saturated heterocycles. The van der Waals surface area contributed by atoms with Crippen molar-refractivity contribution in [1.29, 1.82) is 0 Å². The normalized spacial score (nSPS) is 14.5. The molecule has 0 fully saturated rings. The van der Waals surface area contributed by atoms with Gasteiger partial charge in [0.25, 0.3) is 0 Å². The van der Waals surface area contributed by atoms with Gasteiger partial charge in [0, 0.05) is 6.04 Å². The van der Waals surface area contributed by atoms with Gasteiger partial charge in [0.15, 0.2) is 0 Å². The van der Waals surface area contributed by atoms with Gasteiger partial charge in [-0.25, -0.2) is 0 Å². The van der Waals surface area contributed by atoms with Crippen LogP contribution in [0.5, 0.6) is 0 Å². The Morgan fingerprint density at radius 2 is 1.47 bits per heavy atom. The molecule has 0 heterocycles. The van der Waals surface area contributed by atoms with Crippen molar-refractivity contribution < 1.29 is 0 Å². The lowest BCUT2D eigenvalue weighted by atomic mass is 9.77. The van der Waals surface area contributed by atoms with E-state index in [1.54, 1.807) is 0 Å². The van der Waals surface area contributed by atoms with Crippen molar-refractivity contribution in [3.8, 4) is 0 Å². The van der Waals surface area contributed by atoms with Gasteiger partial charge >= 0.3 is 0 Å². The van der Waals surface area contributed by atoms with Crippen LogP contribution in [0.25, 0.3) is 0 Å². The molecule has 1 nitrogen and oxygen atoms in total. The number of hydrogen-bond donors (Lipinski definition) is 1. The first-order valence-electron chi connectivity index (χ1n) is 7.56. The third-order valence-corrected chi connectivity index (χ3v) is 4.89. The highest BCUT2D eigenvalue weighted by atomic mass is 14.9. The van der Waals surface area contributed by atoms with Gasteiger partial charge in [-0.1, -0.05) is 65.8 Å². The molecule has 0 radical (unpaired) electrons. The summed E-state index contributed by atoms with van der Waals surface area (Å²) in [7, 11) is 2.06. The van der Waals surface area contributed by atoms with Gasteiger partial charge in [0.2, 0.25) is 0 Å². The van der Waals surface area contributed by atoms with E-state index in [9.17, 15) is 0 Å². The van der Waals surface area contributed by atoms with Crippen molar-refractivity contribution in [2.45, 2.75) is 65.8 Å². The van der Waals surface area contributed by atoms with Crippen LogP contribution in [0.4, 0.5) is 0 Å². The maximum atomic E-state index is 3.48. The molecule has 0 aromatic heterocycles. The van der Waals surface area contributed by atoms with Crippen LogP contribution in [0.1, 0.15) is 71.6 Å². The van der Waals surface area contributed by atoms with E-state index in [1.165, 1.54) is 24.0 Å². The van der Waals surface area contributed by atoms with Gasteiger partial charge in [0.05, 0.1) is 0 Å². The Balaban J connectivity index is 3.04. The highest BCUT2D eigenvalue weighted by Gasteiger charge is 2.28. The average molecular weight is 261 g/mol. The van der Waals surface area contributed by atoms with Gasteiger partial charge in [-0.05, 0) is 41.8 Å². The number of nitrogens with one attached hydrogen (secondary N) is 1. The van der Waals surface area contributed by atoms with Crippen molar-refractivity contribution in [1.82, 2.24) is 5.32 Å². The second-order valence-electron chi connectivity index (χ2n) is 6.92. The zero-order chi connectivity index (χ0) is 14.7. The van der Waals surface area contributed by atoms with Crippen LogP contribution in [-0.4, -0.2) is 7.05 Å². The first-order chi connectivity index (χ1) is 8.78. The minimum Gasteiger partial charge on any atom is -0.313 e. The summed E-state index contributed by atoms with van der Waals surface area (Å²) in [6.07, 6.45) is 2.34. The van der Waals surface area contributed by atoms with E-state index in [0.717, 1.165) is 0 Å². The topological polar surface area (TPSA) is 12.0 Å². The fourth-order valence-corrected chi connectivity index (χ4v) is 2.54. The van der Waals surface area contributed by atoms with Crippen LogP contribution in [0.15, 0.2) is 24.3 Å². The summed E-state index contributed by atoms with van der Waals surface area (Å²) >= 11 is 0. The monoisotopic (exact) mass is 261 g/mol. The van der Waals surface area contributed by atoms with Crippen molar-refractivity contribution in [3.63, 3.8) is 0 Å². The van der Waals surface area contributed by atoms with E-state index in [4.69, 9.17) is 0 Å². The largest absolute Gasteiger partial charge is 0.313 e. The summed E-state index contributed by atoms with van der Waals surface area (Å²) in [5.41, 5.74) is 3.37. The minimum atomic E-state index is 0.272. The highest BCUT2D eigenvalue weighted by Crippen LogP contribution is 2.37. The van der Waals surface area contributed by atoms with Crippen LogP contribution < -0.4 is 5.32 Å². The van der Waals surface area contributed by atoms with Crippen LogP contribution in [0.2, 0.25) is 0 Å². The lowest BCUT2D eigenvalue weighted by Crippen LogP contribution is -2.31. The second-order valence-corrected chi connectivity index (χ2v) is 6.92. The zero-order valence-corrected chi connectivity index (χ0v) is 13.8. The molecule has 0 aliphatic heterocycles. The zero-order valence-electron chi connectivity index (χ0n) is 13.8. The number of hydrogen-bond acceptors (Lipinski definition) is 1. The molecule has 0 aliphatic carbocycles. The Kier molecular flexibility index (Phi) is 5.20. The van der Waals surface area contributed by atoms with Crippen LogP contribution in [-0.2, 0) is 5.41 Å². The fourth-order valence-electron chi connectivity index (χ4n) is 2.54. The maximum absolute atomic E-state index is 3.48. The van der Waals surface area contributed by atoms with Gasteiger partial charge < -0.3 is 5.32 Å². The summed E-state index contributed by atoms with van der Waals surface area (Å²) < 4.78 is 0. The van der Waals surface area contributed by atoms with E-state index in [0.29, 0.717) is 6.04 Å². The molecule has 1 aromatic carbocycles. The summed E-state index contributed by atoms with van der Waals surface area (Å²) in [5.74, 6) is 0. The fraction of sp³-hybridized carbons (Fsp3) is 0.667. The minimum absolute atomic E-state index is 0.272. The van der Waals surface area contributed by atoms with Gasteiger partial charge in [0.1, 0.15) is 0 Å². The molecule has 0 bridgehead atoms. The molecule has 1 heteroatoms. The Morgan fingerprint density at radius 3 is 1.84 bits per heavy atom. The van der Waals surface area contributed by atoms with E-state index >= 15 is 0 Å². The lowest BCUT2D eigenvalue weighted by molar-refractivity contribution is 0.245. The van der Waals surface area contributed by atoms with Crippen molar-refractivity contribution in [2.24, 2.45) is 5.41 Å². The molecule has 1 N–H and O–H groups in total. The third kappa shape index (κ3) is 3.60. The van der Waals surface area contributed by atoms with Crippen molar-refractivity contribution in [3.05, 3.63) is 35.4 Å². The SMILES string of the molecule is CCC(C)(C)c1ccc(C(NC)C(C)(C)CC)cc1. The molecule has 1 atom stereocenters. The first-order valence-corrected chi connectivity index (χ1v) is 7.56. The van der Waals surface area contributed by atoms with Crippen molar-refractivity contribution >= 4 is 0 Å². The highest BCUT2D eigenvalue weighted by molar-refractivity contribution is 5.30. The van der Waals surface area contributed by atoms with E-state index in [1.807, 2.05) is 0 Å². The van der Waals surface area contributed by atoms with Gasteiger partial charge in [-0.2, -0.15) is 0 Å². The molecule has 0 saturated carbocycles. The number of rotatable bonds is 6. The van der Waals surface area contributed by atoms with E-state index in [-0.39, 0.29) is 10.8 Å². The standard InChI is InChI=1S/C18H31N/c1-8-17(3,4)15-12-10-14(11-13-15)16(19-7)18(5,6)9-2/h10-13,16,19H,8-9H2,1-7H3.